The van der Waals surface area contributed by atoms with Gasteiger partial charge in [-0.1, -0.05) is 37.3 Å². The number of benzene rings is 2. The molecule has 7 nitrogen and oxygen atoms in total. The van der Waals surface area contributed by atoms with Crippen molar-refractivity contribution in [2.45, 2.75) is 29.5 Å². The van der Waals surface area contributed by atoms with Gasteiger partial charge in [0.15, 0.2) is 0 Å². The number of nitrogens with zero attached hydrogens (tertiary/aromatic N) is 2. The summed E-state index contributed by atoms with van der Waals surface area (Å²) in [5.74, 6) is -2.05. The van der Waals surface area contributed by atoms with E-state index in [0.717, 1.165) is 10.9 Å². The van der Waals surface area contributed by atoms with Crippen molar-refractivity contribution in [3.63, 3.8) is 0 Å². The van der Waals surface area contributed by atoms with Gasteiger partial charge in [0.1, 0.15) is 0 Å². The average Bonchev–Trinajstić information content (AvgIpc) is 3.09. The molecule has 0 saturated heterocycles. The smallest absolute Gasteiger partial charge is 0.419 e. The molecule has 0 bridgehead atoms. The lowest BCUT2D eigenvalue weighted by Gasteiger charge is -2.13. The topological polar surface area (TPSA) is 101 Å². The first-order valence-electron chi connectivity index (χ1n) is 9.47. The van der Waals surface area contributed by atoms with E-state index in [1.807, 2.05) is 0 Å². The molecule has 1 saturated carbocycles. The highest BCUT2D eigenvalue weighted by molar-refractivity contribution is 7.89. The number of carboxylic acids is 1. The van der Waals surface area contributed by atoms with Gasteiger partial charge < -0.3 is 5.11 Å². The van der Waals surface area contributed by atoms with Crippen molar-refractivity contribution in [3.05, 3.63) is 78.1 Å². The quantitative estimate of drug-likeness (QED) is 0.582. The summed E-state index contributed by atoms with van der Waals surface area (Å²) in [4.78, 5) is 11.6. The minimum atomic E-state index is -4.54. The molecule has 0 spiro atoms. The Bertz CT molecular complexity index is 1260. The molecule has 1 aliphatic carbocycles. The van der Waals surface area contributed by atoms with E-state index in [0.29, 0.717) is 11.8 Å². The summed E-state index contributed by atoms with van der Waals surface area (Å²) in [6.07, 6.45) is -3.06. The number of halogens is 3. The zero-order chi connectivity index (χ0) is 23.3. The summed E-state index contributed by atoms with van der Waals surface area (Å²) in [6, 6.07) is 13.0. The van der Waals surface area contributed by atoms with Crippen molar-refractivity contribution in [1.82, 2.24) is 14.5 Å². The molecule has 1 heterocycles. The Morgan fingerprint density at radius 2 is 1.75 bits per heavy atom. The van der Waals surface area contributed by atoms with Gasteiger partial charge in [0.25, 0.3) is 0 Å². The number of sulfonamides is 1. The zero-order valence-electron chi connectivity index (χ0n) is 16.6. The van der Waals surface area contributed by atoms with E-state index in [4.69, 9.17) is 0 Å². The second-order valence-corrected chi connectivity index (χ2v) is 9.44. The third kappa shape index (κ3) is 3.78. The van der Waals surface area contributed by atoms with E-state index in [1.54, 1.807) is 37.3 Å². The highest BCUT2D eigenvalue weighted by Gasteiger charge is 2.67. The van der Waals surface area contributed by atoms with Crippen molar-refractivity contribution >= 4 is 16.0 Å². The third-order valence-corrected chi connectivity index (χ3v) is 7.24. The van der Waals surface area contributed by atoms with Crippen molar-refractivity contribution in [2.24, 2.45) is 5.92 Å². The minimum Gasteiger partial charge on any atom is -0.481 e. The molecule has 1 aromatic heterocycles. The maximum Gasteiger partial charge on any atom is 0.419 e. The van der Waals surface area contributed by atoms with Crippen LogP contribution in [0.2, 0.25) is 0 Å². The number of alkyl halides is 3. The molecule has 1 aliphatic rings. The molecule has 0 aliphatic heterocycles. The molecule has 2 aromatic carbocycles. The van der Waals surface area contributed by atoms with Crippen LogP contribution < -0.4 is 4.72 Å². The molecular weight excluding hydrogens is 447 g/mol. The third-order valence-electron chi connectivity index (χ3n) is 5.78. The van der Waals surface area contributed by atoms with E-state index in [2.05, 4.69) is 9.82 Å². The molecule has 3 aromatic rings. The molecule has 1 fully saturated rings. The molecule has 0 amide bonds. The maximum atomic E-state index is 12.9. The van der Waals surface area contributed by atoms with Gasteiger partial charge in [-0.15, -0.1) is 0 Å². The fraction of sp³-hybridized carbons (Fsp3) is 0.238. The van der Waals surface area contributed by atoms with Crippen LogP contribution in [0.25, 0.3) is 5.69 Å². The molecule has 1 unspecified atom stereocenters. The molecular formula is C21H18F3N3O4S. The number of aliphatic carboxylic acids is 1. The van der Waals surface area contributed by atoms with Gasteiger partial charge >= 0.3 is 12.1 Å². The largest absolute Gasteiger partial charge is 0.481 e. The number of carboxylic acid groups (broad SMARTS) is 1. The number of hydrogen-bond donors (Lipinski definition) is 2. The highest BCUT2D eigenvalue weighted by Crippen LogP contribution is 2.54. The number of carbonyl (C=O) groups is 1. The Hall–Kier alpha value is -3.18. The first-order chi connectivity index (χ1) is 14.9. The van der Waals surface area contributed by atoms with Crippen LogP contribution >= 0.6 is 0 Å². The van der Waals surface area contributed by atoms with Crippen LogP contribution in [0.5, 0.6) is 0 Å². The molecule has 11 heteroatoms. The van der Waals surface area contributed by atoms with Gasteiger partial charge in [0.05, 0.1) is 28.3 Å². The monoisotopic (exact) mass is 465 g/mol. The fourth-order valence-electron chi connectivity index (χ4n) is 3.88. The van der Waals surface area contributed by atoms with Gasteiger partial charge in [-0.2, -0.15) is 18.3 Å². The van der Waals surface area contributed by atoms with Crippen molar-refractivity contribution in [2.75, 3.05) is 0 Å². The molecule has 168 valence electrons. The SMILES string of the molecule is C[C@]1(c2ccccc2)C(C(=O)O)[C@@H]1NS(=O)(=O)c1ccc(-n2cc(C(F)(F)F)cn2)cc1. The lowest BCUT2D eigenvalue weighted by atomic mass is 9.95. The van der Waals surface area contributed by atoms with Crippen molar-refractivity contribution in [3.8, 4) is 5.69 Å². The second-order valence-electron chi connectivity index (χ2n) is 7.73. The van der Waals surface area contributed by atoms with Gasteiger partial charge in [-0.05, 0) is 29.8 Å². The predicted molar refractivity (Wildman–Crippen MR) is 108 cm³/mol. The summed E-state index contributed by atoms with van der Waals surface area (Å²) in [5, 5.41) is 13.2. The van der Waals surface area contributed by atoms with Crippen molar-refractivity contribution < 1.29 is 31.5 Å². The first kappa shape index (κ1) is 22.0. The van der Waals surface area contributed by atoms with Gasteiger partial charge in [0.2, 0.25) is 10.0 Å². The zero-order valence-corrected chi connectivity index (χ0v) is 17.4. The first-order valence-corrected chi connectivity index (χ1v) is 11.0. The molecule has 4 rings (SSSR count). The fourth-order valence-corrected chi connectivity index (χ4v) is 5.23. The number of hydrogen-bond acceptors (Lipinski definition) is 4. The summed E-state index contributed by atoms with van der Waals surface area (Å²) < 4.78 is 67.5. The second kappa shape index (κ2) is 7.45. The summed E-state index contributed by atoms with van der Waals surface area (Å²) in [6.45, 7) is 1.69. The van der Waals surface area contributed by atoms with Crippen LogP contribution in [0.1, 0.15) is 18.1 Å². The lowest BCUT2D eigenvalue weighted by Crippen LogP contribution is -2.31. The Morgan fingerprint density at radius 1 is 1.12 bits per heavy atom. The average molecular weight is 465 g/mol. The molecule has 3 atom stereocenters. The van der Waals surface area contributed by atoms with Gasteiger partial charge in [-0.25, -0.2) is 17.8 Å². The Kier molecular flexibility index (Phi) is 5.13. The number of nitrogens with one attached hydrogen (secondary N) is 1. The summed E-state index contributed by atoms with van der Waals surface area (Å²) in [7, 11) is -4.08. The standard InChI is InChI=1S/C21H18F3N3O4S/c1-20(13-5-3-2-4-6-13)17(19(28)29)18(20)26-32(30,31)16-9-7-15(8-10-16)27-12-14(11-25-27)21(22,23)24/h2-12,17-18,26H,1H3,(H,28,29)/t17?,18-,20-/m0/s1. The maximum absolute atomic E-state index is 12.9. The Balaban J connectivity index is 1.56. The number of rotatable bonds is 6. The predicted octanol–water partition coefficient (Wildman–Crippen LogP) is 3.21. The van der Waals surface area contributed by atoms with Crippen LogP contribution in [0.3, 0.4) is 0 Å². The highest BCUT2D eigenvalue weighted by atomic mass is 32.2. The van der Waals surface area contributed by atoms with Crippen molar-refractivity contribution in [1.29, 1.82) is 0 Å². The number of aromatic nitrogens is 2. The van der Waals surface area contributed by atoms with E-state index in [9.17, 15) is 31.5 Å². The molecule has 32 heavy (non-hydrogen) atoms. The van der Waals surface area contributed by atoms with Crippen LogP contribution in [0, 0.1) is 5.92 Å². The lowest BCUT2D eigenvalue weighted by molar-refractivity contribution is -0.139. The van der Waals surface area contributed by atoms with Crippen LogP contribution in [-0.4, -0.2) is 35.3 Å². The van der Waals surface area contributed by atoms with Crippen LogP contribution in [-0.2, 0) is 26.4 Å². The van der Waals surface area contributed by atoms with Crippen LogP contribution in [0.4, 0.5) is 13.2 Å². The summed E-state index contributed by atoms with van der Waals surface area (Å²) >= 11 is 0. The van der Waals surface area contributed by atoms with E-state index in [-0.39, 0.29) is 10.6 Å². The van der Waals surface area contributed by atoms with E-state index in [1.165, 1.54) is 24.3 Å². The Morgan fingerprint density at radius 3 is 2.28 bits per heavy atom. The molecule has 0 radical (unpaired) electrons. The van der Waals surface area contributed by atoms with E-state index < -0.39 is 45.1 Å². The van der Waals surface area contributed by atoms with Crippen LogP contribution in [0.15, 0.2) is 71.9 Å². The van der Waals surface area contributed by atoms with Gasteiger partial charge in [0, 0.05) is 17.7 Å². The van der Waals surface area contributed by atoms with E-state index >= 15 is 0 Å². The minimum absolute atomic E-state index is 0.143. The summed E-state index contributed by atoms with van der Waals surface area (Å²) in [5.41, 5.74) is -0.897. The normalized spacial score (nSPS) is 23.1. The Labute approximate surface area is 181 Å². The molecule has 2 N–H and O–H groups in total. The van der Waals surface area contributed by atoms with Gasteiger partial charge in [-0.3, -0.25) is 4.79 Å².